The van der Waals surface area contributed by atoms with E-state index in [4.69, 9.17) is 0 Å². The van der Waals surface area contributed by atoms with E-state index >= 15 is 0 Å². The summed E-state index contributed by atoms with van der Waals surface area (Å²) in [7, 11) is -0.343. The number of rotatable bonds is 10. The van der Waals surface area contributed by atoms with E-state index in [9.17, 15) is 8.78 Å². The van der Waals surface area contributed by atoms with Crippen LogP contribution in [0, 0.1) is 23.5 Å². The first-order chi connectivity index (χ1) is 14.2. The van der Waals surface area contributed by atoms with Crippen LogP contribution in [0.25, 0.3) is 0 Å². The van der Waals surface area contributed by atoms with Crippen LogP contribution in [0.15, 0.2) is 18.2 Å². The first kappa shape index (κ1) is 23.0. The summed E-state index contributed by atoms with van der Waals surface area (Å²) in [6, 6.07) is 9.36. The molecular formula is C26H42F2Si. The predicted octanol–water partition coefficient (Wildman–Crippen LogP) is 8.63. The molecule has 3 heteroatoms. The van der Waals surface area contributed by atoms with Crippen LogP contribution in [-0.4, -0.2) is 8.80 Å². The Morgan fingerprint density at radius 1 is 0.793 bits per heavy atom. The van der Waals surface area contributed by atoms with Crippen LogP contribution >= 0.6 is 0 Å². The van der Waals surface area contributed by atoms with Gasteiger partial charge >= 0.3 is 0 Å². The van der Waals surface area contributed by atoms with Crippen molar-refractivity contribution >= 4 is 8.80 Å². The molecule has 3 rings (SSSR count). The molecule has 0 radical (unpaired) electrons. The standard InChI is InChI=1S/C26H42F2Si/c1-2-3-6-17-29-18-15-22(16-19-29)8-5-4-7-21-9-11-23(12-10-21)24-13-14-25(27)26(28)20-24/h13-14,20-23,29H,2-12,15-19H2,1H3/t21-,22-,23-,29-. The Morgan fingerprint density at radius 2 is 1.45 bits per heavy atom. The van der Waals surface area contributed by atoms with Crippen molar-refractivity contribution in [1.82, 2.24) is 0 Å². The van der Waals surface area contributed by atoms with Gasteiger partial charge < -0.3 is 0 Å². The van der Waals surface area contributed by atoms with Crippen molar-refractivity contribution in [2.75, 3.05) is 0 Å². The maximum Gasteiger partial charge on any atom is 0.159 e. The molecule has 0 bridgehead atoms. The molecule has 0 atom stereocenters. The highest BCUT2D eigenvalue weighted by atomic mass is 28.3. The van der Waals surface area contributed by atoms with Gasteiger partial charge in [0.05, 0.1) is 0 Å². The van der Waals surface area contributed by atoms with E-state index in [1.165, 1.54) is 69.9 Å². The van der Waals surface area contributed by atoms with Gasteiger partial charge in [-0.25, -0.2) is 8.78 Å². The third-order valence-electron chi connectivity index (χ3n) is 7.92. The van der Waals surface area contributed by atoms with E-state index in [0.717, 1.165) is 30.2 Å². The molecule has 1 aromatic carbocycles. The van der Waals surface area contributed by atoms with Crippen molar-refractivity contribution in [1.29, 1.82) is 0 Å². The zero-order valence-corrected chi connectivity index (χ0v) is 19.8. The molecular weight excluding hydrogens is 378 g/mol. The third-order valence-corrected chi connectivity index (χ3v) is 11.4. The molecule has 0 unspecified atom stereocenters. The Hall–Kier alpha value is -0.703. The molecule has 29 heavy (non-hydrogen) atoms. The lowest BCUT2D eigenvalue weighted by molar-refractivity contribution is 0.296. The summed E-state index contributed by atoms with van der Waals surface area (Å²) in [5.74, 6) is 0.905. The van der Waals surface area contributed by atoms with Gasteiger partial charge in [0.1, 0.15) is 0 Å². The summed E-state index contributed by atoms with van der Waals surface area (Å²) >= 11 is 0. The first-order valence-electron chi connectivity index (χ1n) is 12.6. The molecule has 1 aliphatic carbocycles. The molecule has 2 aliphatic rings. The van der Waals surface area contributed by atoms with Crippen LogP contribution in [0.4, 0.5) is 8.78 Å². The lowest BCUT2D eigenvalue weighted by atomic mass is 9.77. The highest BCUT2D eigenvalue weighted by Gasteiger charge is 2.24. The molecule has 1 aliphatic heterocycles. The second-order valence-electron chi connectivity index (χ2n) is 10.1. The fourth-order valence-electron chi connectivity index (χ4n) is 5.91. The van der Waals surface area contributed by atoms with Crippen LogP contribution in [0.2, 0.25) is 18.1 Å². The lowest BCUT2D eigenvalue weighted by Crippen LogP contribution is -2.21. The molecule has 2 fully saturated rings. The van der Waals surface area contributed by atoms with E-state index in [1.807, 2.05) is 0 Å². The van der Waals surface area contributed by atoms with Gasteiger partial charge in [-0.1, -0.05) is 88.9 Å². The highest BCUT2D eigenvalue weighted by molar-refractivity contribution is 6.58. The van der Waals surface area contributed by atoms with E-state index in [2.05, 4.69) is 6.92 Å². The second kappa shape index (κ2) is 12.2. The van der Waals surface area contributed by atoms with Crippen molar-refractivity contribution in [3.05, 3.63) is 35.4 Å². The molecule has 1 saturated heterocycles. The van der Waals surface area contributed by atoms with Crippen molar-refractivity contribution in [2.24, 2.45) is 11.8 Å². The van der Waals surface area contributed by atoms with Gasteiger partial charge in [0.2, 0.25) is 0 Å². The minimum atomic E-state index is -0.727. The molecule has 164 valence electrons. The lowest BCUT2D eigenvalue weighted by Gasteiger charge is -2.29. The minimum absolute atomic E-state index is 0.343. The SMILES string of the molecule is CCCCC[Si@H]1CC[C@H](CCCC[C@H]2CC[C@H](c3ccc(F)c(F)c3)CC2)CC1. The van der Waals surface area contributed by atoms with Gasteiger partial charge in [0.25, 0.3) is 0 Å². The number of benzene rings is 1. The quantitative estimate of drug-likeness (QED) is 0.262. The summed E-state index contributed by atoms with van der Waals surface area (Å²) in [6.07, 6.45) is 17.9. The minimum Gasteiger partial charge on any atom is -0.204 e. The zero-order chi connectivity index (χ0) is 20.5. The zero-order valence-electron chi connectivity index (χ0n) is 18.6. The fraction of sp³-hybridized carbons (Fsp3) is 0.769. The van der Waals surface area contributed by atoms with Gasteiger partial charge in [-0.2, -0.15) is 0 Å². The maximum atomic E-state index is 13.5. The van der Waals surface area contributed by atoms with Gasteiger partial charge in [-0.3, -0.25) is 0 Å². The number of halogens is 2. The monoisotopic (exact) mass is 420 g/mol. The Balaban J connectivity index is 1.25. The molecule has 0 spiro atoms. The smallest absolute Gasteiger partial charge is 0.159 e. The molecule has 0 nitrogen and oxygen atoms in total. The molecule has 0 aromatic heterocycles. The van der Waals surface area contributed by atoms with E-state index in [0.29, 0.717) is 5.92 Å². The Bertz CT molecular complexity index is 586. The van der Waals surface area contributed by atoms with Gasteiger partial charge in [0.15, 0.2) is 11.6 Å². The van der Waals surface area contributed by atoms with Crippen molar-refractivity contribution in [2.45, 2.75) is 114 Å². The van der Waals surface area contributed by atoms with E-state index in [1.54, 1.807) is 37.0 Å². The maximum absolute atomic E-state index is 13.5. The summed E-state index contributed by atoms with van der Waals surface area (Å²) < 4.78 is 26.6. The third kappa shape index (κ3) is 7.49. The van der Waals surface area contributed by atoms with E-state index in [-0.39, 0.29) is 8.80 Å². The van der Waals surface area contributed by atoms with Crippen LogP contribution in [0.1, 0.15) is 102 Å². The summed E-state index contributed by atoms with van der Waals surface area (Å²) in [5, 5.41) is 0. The second-order valence-corrected chi connectivity index (χ2v) is 13.5. The number of hydrogen-bond acceptors (Lipinski definition) is 0. The van der Waals surface area contributed by atoms with Crippen LogP contribution in [0.3, 0.4) is 0 Å². The van der Waals surface area contributed by atoms with Crippen LogP contribution < -0.4 is 0 Å². The Kier molecular flexibility index (Phi) is 9.68. The Labute approximate surface area is 179 Å². The van der Waals surface area contributed by atoms with Crippen molar-refractivity contribution in [3.8, 4) is 0 Å². The topological polar surface area (TPSA) is 0 Å². The molecule has 1 saturated carbocycles. The van der Waals surface area contributed by atoms with Crippen LogP contribution in [-0.2, 0) is 0 Å². The van der Waals surface area contributed by atoms with Gasteiger partial charge in [-0.05, 0) is 61.1 Å². The summed E-state index contributed by atoms with van der Waals surface area (Å²) in [6.45, 7) is 2.32. The Morgan fingerprint density at radius 3 is 2.07 bits per heavy atom. The fourth-order valence-corrected chi connectivity index (χ4v) is 9.53. The van der Waals surface area contributed by atoms with E-state index < -0.39 is 11.6 Å². The summed E-state index contributed by atoms with van der Waals surface area (Å²) in [5.41, 5.74) is 0.996. The molecule has 1 heterocycles. The molecule has 0 N–H and O–H groups in total. The number of hydrogen-bond donors (Lipinski definition) is 0. The summed E-state index contributed by atoms with van der Waals surface area (Å²) in [4.78, 5) is 0. The molecule has 0 amide bonds. The largest absolute Gasteiger partial charge is 0.204 e. The van der Waals surface area contributed by atoms with Gasteiger partial charge in [-0.15, -0.1) is 0 Å². The normalized spacial score (nSPS) is 27.8. The predicted molar refractivity (Wildman–Crippen MR) is 123 cm³/mol. The van der Waals surface area contributed by atoms with Crippen LogP contribution in [0.5, 0.6) is 0 Å². The van der Waals surface area contributed by atoms with Crippen molar-refractivity contribution < 1.29 is 8.78 Å². The average Bonchev–Trinajstić information content (AvgIpc) is 2.75. The van der Waals surface area contributed by atoms with Crippen molar-refractivity contribution in [3.63, 3.8) is 0 Å². The molecule has 1 aromatic rings. The highest BCUT2D eigenvalue weighted by Crippen LogP contribution is 2.38. The number of unbranched alkanes of at least 4 members (excludes halogenated alkanes) is 3. The average molecular weight is 421 g/mol. The van der Waals surface area contributed by atoms with Gasteiger partial charge in [0, 0.05) is 8.80 Å². The first-order valence-corrected chi connectivity index (χ1v) is 15.1.